The van der Waals surface area contributed by atoms with Gasteiger partial charge in [0.2, 0.25) is 5.91 Å². The molecule has 7 heteroatoms. The van der Waals surface area contributed by atoms with Gasteiger partial charge in [-0.2, -0.15) is 0 Å². The molecule has 1 rings (SSSR count). The molecule has 0 bridgehead atoms. The normalized spacial score (nSPS) is 13.0. The summed E-state index contributed by atoms with van der Waals surface area (Å²) in [7, 11) is 1.56. The van der Waals surface area contributed by atoms with Crippen LogP contribution >= 0.6 is 0 Å². The fourth-order valence-corrected chi connectivity index (χ4v) is 2.64. The topological polar surface area (TPSA) is 98.7 Å². The van der Waals surface area contributed by atoms with Gasteiger partial charge in [0, 0.05) is 20.1 Å². The molecule has 0 aliphatic heterocycles. The molecule has 0 fully saturated rings. The number of aryl methyl sites for hydroxylation is 1. The van der Waals surface area contributed by atoms with Crippen molar-refractivity contribution in [3.8, 4) is 0 Å². The third kappa shape index (κ3) is 8.11. The van der Waals surface area contributed by atoms with E-state index in [9.17, 15) is 14.4 Å². The molecule has 2 unspecified atom stereocenters. The second-order valence-corrected chi connectivity index (χ2v) is 7.45. The first-order valence-electron chi connectivity index (χ1n) is 9.17. The number of urea groups is 1. The van der Waals surface area contributed by atoms with E-state index in [2.05, 4.69) is 10.6 Å². The molecule has 1 aromatic carbocycles. The number of carbonyl (C=O) groups excluding carboxylic acids is 2. The number of carboxylic acids is 1. The highest BCUT2D eigenvalue weighted by Gasteiger charge is 2.26. The zero-order valence-corrected chi connectivity index (χ0v) is 16.8. The maximum Gasteiger partial charge on any atom is 0.315 e. The highest BCUT2D eigenvalue weighted by Crippen LogP contribution is 2.09. The number of nitrogens with zero attached hydrogens (tertiary/aromatic N) is 1. The molecule has 150 valence electrons. The summed E-state index contributed by atoms with van der Waals surface area (Å²) in [5.74, 6) is -1.73. The molecular formula is C20H31N3O4. The maximum atomic E-state index is 12.7. The summed E-state index contributed by atoms with van der Waals surface area (Å²) in [6.07, 6.45) is 0.475. The highest BCUT2D eigenvalue weighted by molar-refractivity contribution is 5.87. The first kappa shape index (κ1) is 22.5. The van der Waals surface area contributed by atoms with E-state index in [4.69, 9.17) is 5.11 Å². The van der Waals surface area contributed by atoms with Crippen LogP contribution < -0.4 is 10.6 Å². The number of hydrogen-bond donors (Lipinski definition) is 3. The Morgan fingerprint density at radius 1 is 1.11 bits per heavy atom. The molecule has 7 nitrogen and oxygen atoms in total. The van der Waals surface area contributed by atoms with Crippen LogP contribution in [0.2, 0.25) is 0 Å². The lowest BCUT2D eigenvalue weighted by molar-refractivity contribution is -0.143. The maximum absolute atomic E-state index is 12.7. The van der Waals surface area contributed by atoms with Gasteiger partial charge in [0.05, 0.1) is 5.92 Å². The van der Waals surface area contributed by atoms with Gasteiger partial charge in [-0.15, -0.1) is 0 Å². The van der Waals surface area contributed by atoms with Crippen molar-refractivity contribution in [3.63, 3.8) is 0 Å². The molecule has 2 atom stereocenters. The Labute approximate surface area is 161 Å². The molecule has 3 N–H and O–H groups in total. The van der Waals surface area contributed by atoms with Crippen LogP contribution in [0, 0.1) is 18.8 Å². The zero-order chi connectivity index (χ0) is 20.6. The van der Waals surface area contributed by atoms with Crippen LogP contribution in [-0.4, -0.2) is 47.5 Å². The zero-order valence-electron chi connectivity index (χ0n) is 16.8. The minimum atomic E-state index is -0.959. The fraction of sp³-hybridized carbons (Fsp3) is 0.550. The SMILES string of the molecule is Cc1ccc(CNC(=O)NC(CC(C)C)C(=O)N(C)CC(C)C(=O)O)cc1. The second-order valence-electron chi connectivity index (χ2n) is 7.45. The molecule has 0 aromatic heterocycles. The molecule has 0 saturated carbocycles. The predicted molar refractivity (Wildman–Crippen MR) is 104 cm³/mol. The standard InChI is InChI=1S/C20H31N3O4/c1-13(2)10-17(18(24)23(5)12-15(4)19(25)26)22-20(27)21-11-16-8-6-14(3)7-9-16/h6-9,13,15,17H,10-12H2,1-5H3,(H,25,26)(H2,21,22,27). The number of benzene rings is 1. The van der Waals surface area contributed by atoms with Gasteiger partial charge in [-0.25, -0.2) is 4.79 Å². The number of aliphatic carboxylic acids is 1. The van der Waals surface area contributed by atoms with Gasteiger partial charge in [0.15, 0.2) is 0 Å². The molecule has 0 saturated heterocycles. The highest BCUT2D eigenvalue weighted by atomic mass is 16.4. The van der Waals surface area contributed by atoms with Crippen molar-refractivity contribution < 1.29 is 19.5 Å². The fourth-order valence-electron chi connectivity index (χ4n) is 2.64. The number of carbonyl (C=O) groups is 3. The van der Waals surface area contributed by atoms with Crippen molar-refractivity contribution in [2.24, 2.45) is 11.8 Å². The van der Waals surface area contributed by atoms with Gasteiger partial charge in [-0.05, 0) is 24.8 Å². The van der Waals surface area contributed by atoms with E-state index in [-0.39, 0.29) is 18.4 Å². The van der Waals surface area contributed by atoms with Gasteiger partial charge < -0.3 is 20.6 Å². The first-order valence-corrected chi connectivity index (χ1v) is 9.17. The molecule has 0 aliphatic rings. The Bertz CT molecular complexity index is 643. The molecule has 0 aliphatic carbocycles. The van der Waals surface area contributed by atoms with Gasteiger partial charge in [-0.3, -0.25) is 9.59 Å². The number of amides is 3. The quantitative estimate of drug-likeness (QED) is 0.615. The average Bonchev–Trinajstić information content (AvgIpc) is 2.59. The van der Waals surface area contributed by atoms with Crippen molar-refractivity contribution in [1.82, 2.24) is 15.5 Å². The molecule has 1 aromatic rings. The molecule has 0 heterocycles. The molecule has 0 radical (unpaired) electrons. The van der Waals surface area contributed by atoms with E-state index >= 15 is 0 Å². The third-order valence-electron chi connectivity index (χ3n) is 4.23. The van der Waals surface area contributed by atoms with Crippen LogP contribution in [0.15, 0.2) is 24.3 Å². The number of carboxylic acid groups (broad SMARTS) is 1. The van der Waals surface area contributed by atoms with Crippen molar-refractivity contribution in [2.75, 3.05) is 13.6 Å². The Morgan fingerprint density at radius 2 is 1.70 bits per heavy atom. The minimum absolute atomic E-state index is 0.0927. The first-order chi connectivity index (χ1) is 12.6. The van der Waals surface area contributed by atoms with Crippen LogP contribution in [0.25, 0.3) is 0 Å². The van der Waals surface area contributed by atoms with Gasteiger partial charge in [0.25, 0.3) is 0 Å². The van der Waals surface area contributed by atoms with Crippen LogP contribution in [-0.2, 0) is 16.1 Å². The number of rotatable bonds is 9. The van der Waals surface area contributed by atoms with E-state index in [1.165, 1.54) is 4.90 Å². The molecular weight excluding hydrogens is 346 g/mol. The van der Waals surface area contributed by atoms with Crippen molar-refractivity contribution in [3.05, 3.63) is 35.4 Å². The van der Waals surface area contributed by atoms with E-state index in [0.29, 0.717) is 13.0 Å². The lowest BCUT2D eigenvalue weighted by Crippen LogP contribution is -2.51. The second kappa shape index (κ2) is 10.5. The third-order valence-corrected chi connectivity index (χ3v) is 4.23. The summed E-state index contributed by atoms with van der Waals surface area (Å²) < 4.78 is 0. The van der Waals surface area contributed by atoms with Crippen molar-refractivity contribution >= 4 is 17.9 Å². The summed E-state index contributed by atoms with van der Waals surface area (Å²) in [5.41, 5.74) is 2.11. The van der Waals surface area contributed by atoms with E-state index in [1.54, 1.807) is 14.0 Å². The lowest BCUT2D eigenvalue weighted by Gasteiger charge is -2.27. The van der Waals surface area contributed by atoms with Crippen molar-refractivity contribution in [2.45, 2.75) is 46.7 Å². The van der Waals surface area contributed by atoms with E-state index in [1.807, 2.05) is 45.0 Å². The lowest BCUT2D eigenvalue weighted by atomic mass is 10.0. The number of likely N-dealkylation sites (N-methyl/N-ethyl adjacent to an activating group) is 1. The Hall–Kier alpha value is -2.57. The Morgan fingerprint density at radius 3 is 2.22 bits per heavy atom. The van der Waals surface area contributed by atoms with E-state index in [0.717, 1.165) is 11.1 Å². The average molecular weight is 377 g/mol. The summed E-state index contributed by atoms with van der Waals surface area (Å²) in [6, 6.07) is 6.70. The Balaban J connectivity index is 2.66. The Kier molecular flexibility index (Phi) is 8.78. The largest absolute Gasteiger partial charge is 0.481 e. The summed E-state index contributed by atoms with van der Waals surface area (Å²) >= 11 is 0. The van der Waals surface area contributed by atoms with Gasteiger partial charge >= 0.3 is 12.0 Å². The molecule has 3 amide bonds. The van der Waals surface area contributed by atoms with Gasteiger partial charge in [0.1, 0.15) is 6.04 Å². The van der Waals surface area contributed by atoms with Crippen LogP contribution in [0.5, 0.6) is 0 Å². The van der Waals surface area contributed by atoms with Crippen molar-refractivity contribution in [1.29, 1.82) is 0 Å². The minimum Gasteiger partial charge on any atom is -0.481 e. The monoisotopic (exact) mass is 377 g/mol. The summed E-state index contributed by atoms with van der Waals surface area (Å²) in [5, 5.41) is 14.5. The molecule has 27 heavy (non-hydrogen) atoms. The summed E-state index contributed by atoms with van der Waals surface area (Å²) in [6.45, 7) is 7.92. The number of hydrogen-bond acceptors (Lipinski definition) is 3. The van der Waals surface area contributed by atoms with Crippen LogP contribution in [0.4, 0.5) is 4.79 Å². The molecule has 0 spiro atoms. The van der Waals surface area contributed by atoms with Crippen LogP contribution in [0.3, 0.4) is 0 Å². The summed E-state index contributed by atoms with van der Waals surface area (Å²) in [4.78, 5) is 37.3. The van der Waals surface area contributed by atoms with Gasteiger partial charge in [-0.1, -0.05) is 50.6 Å². The predicted octanol–water partition coefficient (Wildman–Crippen LogP) is 2.39. The number of nitrogens with one attached hydrogen (secondary N) is 2. The van der Waals surface area contributed by atoms with E-state index < -0.39 is 24.0 Å². The van der Waals surface area contributed by atoms with Crippen LogP contribution in [0.1, 0.15) is 38.3 Å². The smallest absolute Gasteiger partial charge is 0.315 e.